The van der Waals surface area contributed by atoms with Crippen molar-refractivity contribution in [3.63, 3.8) is 0 Å². The highest BCUT2D eigenvalue weighted by atomic mass is 16.1. The lowest BCUT2D eigenvalue weighted by Gasteiger charge is -2.19. The van der Waals surface area contributed by atoms with Crippen LogP contribution in [-0.4, -0.2) is 16.9 Å². The fourth-order valence-corrected chi connectivity index (χ4v) is 3.32. The van der Waals surface area contributed by atoms with Crippen molar-refractivity contribution < 1.29 is 4.79 Å². The van der Waals surface area contributed by atoms with E-state index in [1.165, 1.54) is 51.1 Å². The fraction of sp³-hybridized carbons (Fsp3) is 0.571. The monoisotopic (exact) mass is 354 g/mol. The topological polar surface area (TPSA) is 77.8 Å². The summed E-state index contributed by atoms with van der Waals surface area (Å²) in [5.74, 6) is -0.291. The van der Waals surface area contributed by atoms with Crippen molar-refractivity contribution in [1.29, 1.82) is 5.26 Å². The molecule has 26 heavy (non-hydrogen) atoms. The van der Waals surface area contributed by atoms with Crippen LogP contribution < -0.4 is 10.6 Å². The molecule has 1 saturated carbocycles. The highest BCUT2D eigenvalue weighted by molar-refractivity contribution is 5.97. The zero-order chi connectivity index (χ0) is 18.5. The van der Waals surface area contributed by atoms with E-state index in [4.69, 9.17) is 0 Å². The second kappa shape index (κ2) is 12.1. The maximum Gasteiger partial charge on any atom is 0.263 e. The predicted molar refractivity (Wildman–Crippen MR) is 104 cm³/mol. The number of carbonyl (C=O) groups excluding carboxylic acids is 1. The number of rotatable bonds is 4. The van der Waals surface area contributed by atoms with Crippen LogP contribution in [0.3, 0.4) is 0 Å². The normalized spacial score (nSPS) is 18.0. The van der Waals surface area contributed by atoms with Crippen LogP contribution in [0.4, 0.5) is 5.69 Å². The minimum Gasteiger partial charge on any atom is -0.359 e. The zero-order valence-corrected chi connectivity index (χ0v) is 15.5. The fourth-order valence-electron chi connectivity index (χ4n) is 3.32. The number of hydrogen-bond acceptors (Lipinski definition) is 4. The van der Waals surface area contributed by atoms with Crippen molar-refractivity contribution in [2.45, 2.75) is 76.7 Å². The summed E-state index contributed by atoms with van der Waals surface area (Å²) >= 11 is 0. The second-order valence-electron chi connectivity index (χ2n) is 6.99. The number of aromatic nitrogens is 1. The molecule has 1 heterocycles. The van der Waals surface area contributed by atoms with Gasteiger partial charge in [0.15, 0.2) is 0 Å². The average molecular weight is 354 g/mol. The molecule has 5 nitrogen and oxygen atoms in total. The Kier molecular flexibility index (Phi) is 9.27. The molecule has 1 aliphatic carbocycles. The summed E-state index contributed by atoms with van der Waals surface area (Å²) < 4.78 is 0. The molecule has 0 atom stereocenters. The van der Waals surface area contributed by atoms with Crippen molar-refractivity contribution in [3.05, 3.63) is 36.3 Å². The van der Waals surface area contributed by atoms with E-state index in [9.17, 15) is 10.1 Å². The standard InChI is InChI=1S/C21H30N4O/c22-15-18(16-24-20-13-10-14-23-17-20)21(26)25-19-11-8-6-4-2-1-3-5-7-9-12-19/h10,13-14,16-17,19,24H,1-9,11-12H2,(H,25,26)/b18-16-. The van der Waals surface area contributed by atoms with Crippen LogP contribution in [0.2, 0.25) is 0 Å². The Bertz CT molecular complexity index is 594. The maximum absolute atomic E-state index is 12.5. The lowest BCUT2D eigenvalue weighted by atomic mass is 9.98. The molecule has 0 unspecified atom stereocenters. The van der Waals surface area contributed by atoms with Gasteiger partial charge in [-0.2, -0.15) is 5.26 Å². The van der Waals surface area contributed by atoms with E-state index in [-0.39, 0.29) is 17.5 Å². The number of pyridine rings is 1. The van der Waals surface area contributed by atoms with Crippen LogP contribution in [0.25, 0.3) is 0 Å². The van der Waals surface area contributed by atoms with E-state index < -0.39 is 0 Å². The van der Waals surface area contributed by atoms with Gasteiger partial charge in [0.25, 0.3) is 5.91 Å². The van der Waals surface area contributed by atoms with Gasteiger partial charge in [-0.05, 0) is 25.0 Å². The smallest absolute Gasteiger partial charge is 0.263 e. The third-order valence-corrected chi connectivity index (χ3v) is 4.85. The van der Waals surface area contributed by atoms with Crippen LogP contribution in [0, 0.1) is 11.3 Å². The first-order valence-electron chi connectivity index (χ1n) is 9.87. The van der Waals surface area contributed by atoms with Gasteiger partial charge in [0.2, 0.25) is 0 Å². The number of nitrogens with zero attached hydrogens (tertiary/aromatic N) is 2. The summed E-state index contributed by atoms with van der Waals surface area (Å²) in [5, 5.41) is 15.4. The van der Waals surface area contributed by atoms with E-state index in [1.54, 1.807) is 18.5 Å². The third kappa shape index (κ3) is 7.69. The summed E-state index contributed by atoms with van der Waals surface area (Å²) in [6.45, 7) is 0. The van der Waals surface area contributed by atoms with E-state index >= 15 is 0 Å². The van der Waals surface area contributed by atoms with E-state index in [0.717, 1.165) is 31.4 Å². The summed E-state index contributed by atoms with van der Waals surface area (Å²) in [5.41, 5.74) is 0.846. The molecule has 0 saturated heterocycles. The van der Waals surface area contributed by atoms with Crippen molar-refractivity contribution in [3.8, 4) is 6.07 Å². The first-order chi connectivity index (χ1) is 12.8. The van der Waals surface area contributed by atoms with Gasteiger partial charge in [-0.25, -0.2) is 0 Å². The molecular weight excluding hydrogens is 324 g/mol. The van der Waals surface area contributed by atoms with Crippen molar-refractivity contribution in [2.75, 3.05) is 5.32 Å². The summed E-state index contributed by atoms with van der Waals surface area (Å²) in [4.78, 5) is 16.5. The molecule has 2 rings (SSSR count). The molecule has 1 amide bonds. The zero-order valence-electron chi connectivity index (χ0n) is 15.5. The first-order valence-corrected chi connectivity index (χ1v) is 9.87. The summed E-state index contributed by atoms with van der Waals surface area (Å²) in [6, 6.07) is 5.80. The highest BCUT2D eigenvalue weighted by Crippen LogP contribution is 2.17. The molecule has 1 aromatic heterocycles. The van der Waals surface area contributed by atoms with E-state index in [0.29, 0.717) is 0 Å². The quantitative estimate of drug-likeness (QED) is 0.607. The SMILES string of the molecule is N#C/C(=C/Nc1cccnc1)C(=O)NC1CCCCCCCCCCC1. The Morgan fingerprint density at radius 3 is 2.23 bits per heavy atom. The highest BCUT2D eigenvalue weighted by Gasteiger charge is 2.16. The minimum atomic E-state index is -0.291. The number of carbonyl (C=O) groups is 1. The Balaban J connectivity index is 1.89. The summed E-state index contributed by atoms with van der Waals surface area (Å²) in [6.07, 6.45) is 18.1. The number of anilines is 1. The molecule has 0 aromatic carbocycles. The Morgan fingerprint density at radius 2 is 1.69 bits per heavy atom. The molecule has 0 spiro atoms. The van der Waals surface area contributed by atoms with Gasteiger partial charge in [0.1, 0.15) is 11.6 Å². The molecule has 5 heteroatoms. The molecule has 0 aliphatic heterocycles. The van der Waals surface area contributed by atoms with E-state index in [2.05, 4.69) is 15.6 Å². The minimum absolute atomic E-state index is 0.0972. The second-order valence-corrected chi connectivity index (χ2v) is 6.99. The van der Waals surface area contributed by atoms with Gasteiger partial charge in [0.05, 0.1) is 11.9 Å². The third-order valence-electron chi connectivity index (χ3n) is 4.85. The molecule has 140 valence electrons. The van der Waals surface area contributed by atoms with Crippen molar-refractivity contribution in [2.24, 2.45) is 0 Å². The van der Waals surface area contributed by atoms with Gasteiger partial charge in [0, 0.05) is 18.4 Å². The van der Waals surface area contributed by atoms with Gasteiger partial charge < -0.3 is 10.6 Å². The van der Waals surface area contributed by atoms with Gasteiger partial charge in [-0.1, -0.05) is 57.8 Å². The van der Waals surface area contributed by atoms with Crippen molar-refractivity contribution >= 4 is 11.6 Å². The lowest BCUT2D eigenvalue weighted by molar-refractivity contribution is -0.117. The van der Waals surface area contributed by atoms with Gasteiger partial charge in [-0.3, -0.25) is 9.78 Å². The molecular formula is C21H30N4O. The van der Waals surface area contributed by atoms with Gasteiger partial charge >= 0.3 is 0 Å². The van der Waals surface area contributed by atoms with Crippen LogP contribution in [0.15, 0.2) is 36.3 Å². The molecule has 1 aromatic rings. The van der Waals surface area contributed by atoms with Crippen LogP contribution in [0.1, 0.15) is 70.6 Å². The van der Waals surface area contributed by atoms with Crippen LogP contribution in [-0.2, 0) is 4.79 Å². The molecule has 1 aliphatic rings. The molecule has 2 N–H and O–H groups in total. The van der Waals surface area contributed by atoms with Crippen LogP contribution >= 0.6 is 0 Å². The number of nitrogens with one attached hydrogen (secondary N) is 2. The van der Waals surface area contributed by atoms with Crippen LogP contribution in [0.5, 0.6) is 0 Å². The molecule has 0 radical (unpaired) electrons. The molecule has 1 fully saturated rings. The van der Waals surface area contributed by atoms with Crippen molar-refractivity contribution in [1.82, 2.24) is 10.3 Å². The van der Waals surface area contributed by atoms with E-state index in [1.807, 2.05) is 12.1 Å². The Labute approximate surface area is 156 Å². The number of hydrogen-bond donors (Lipinski definition) is 2. The summed E-state index contributed by atoms with van der Waals surface area (Å²) in [7, 11) is 0. The Morgan fingerprint density at radius 1 is 1.08 bits per heavy atom. The largest absolute Gasteiger partial charge is 0.359 e. The predicted octanol–water partition coefficient (Wildman–Crippen LogP) is 4.69. The maximum atomic E-state index is 12.5. The number of amides is 1. The Hall–Kier alpha value is -2.35. The van der Waals surface area contributed by atoms with Gasteiger partial charge in [-0.15, -0.1) is 0 Å². The first kappa shape index (κ1) is 20.0. The number of nitriles is 1. The average Bonchev–Trinajstić information content (AvgIpc) is 2.65. The lowest BCUT2D eigenvalue weighted by Crippen LogP contribution is -2.35. The molecule has 0 bridgehead atoms.